The Balaban J connectivity index is 1.35. The standard InChI is InChI=1S/C36H44FN5O7S/c1-3-48-32(44)12-8-5-9-17-47-23-36(37)19-29(35(46)41-24(2)30-18-26(21-50-30)33(38)39)42(22-36)31(43)20-40-34(45)25-13-15-28(16-14-25)49-27-10-6-4-7-11-27/h4,6-7,10-11,13-16,18,21,24,29H,3,5,8-9,12,17,19-20,22-23H2,1-2H3,(H3,38,39)(H,40,45)(H,41,46)/t24?,29-,36+/m0/s1. The molecule has 0 bridgehead atoms. The quantitative estimate of drug-likeness (QED) is 0.0626. The maximum absolute atomic E-state index is 16.2. The first-order valence-electron chi connectivity index (χ1n) is 16.5. The molecule has 50 heavy (non-hydrogen) atoms. The maximum Gasteiger partial charge on any atom is 0.305 e. The van der Waals surface area contributed by atoms with Crippen molar-refractivity contribution in [2.24, 2.45) is 5.73 Å². The zero-order valence-electron chi connectivity index (χ0n) is 28.2. The van der Waals surface area contributed by atoms with Crippen LogP contribution in [0.1, 0.15) is 72.8 Å². The normalized spacial score (nSPS) is 17.5. The number of alkyl halides is 1. The summed E-state index contributed by atoms with van der Waals surface area (Å²) in [5, 5.41) is 14.8. The summed E-state index contributed by atoms with van der Waals surface area (Å²) in [5.41, 5.74) is 4.39. The number of amides is 3. The lowest BCUT2D eigenvalue weighted by Gasteiger charge is -2.25. The average Bonchev–Trinajstić information content (AvgIpc) is 3.74. The number of unbranched alkanes of at least 4 members (excludes halogenated alkanes) is 2. The van der Waals surface area contributed by atoms with E-state index in [0.29, 0.717) is 54.9 Å². The lowest BCUT2D eigenvalue weighted by Crippen LogP contribution is -2.49. The number of likely N-dealkylation sites (tertiary alicyclic amines) is 1. The van der Waals surface area contributed by atoms with E-state index in [0.717, 1.165) is 9.78 Å². The van der Waals surface area contributed by atoms with Gasteiger partial charge in [-0.15, -0.1) is 11.3 Å². The van der Waals surface area contributed by atoms with Crippen LogP contribution in [0.4, 0.5) is 4.39 Å². The summed E-state index contributed by atoms with van der Waals surface area (Å²) in [7, 11) is 0. The summed E-state index contributed by atoms with van der Waals surface area (Å²) in [4.78, 5) is 53.3. The average molecular weight is 710 g/mol. The summed E-state index contributed by atoms with van der Waals surface area (Å²) in [6, 6.07) is 15.6. The molecule has 3 aromatic rings. The fourth-order valence-electron chi connectivity index (χ4n) is 5.44. The zero-order chi connectivity index (χ0) is 36.1. The second kappa shape index (κ2) is 18.3. The number of nitrogens with one attached hydrogen (secondary N) is 3. The minimum absolute atomic E-state index is 0.0988. The molecule has 0 saturated carbocycles. The number of benzene rings is 2. The number of nitrogen functional groups attached to an aromatic ring is 1. The van der Waals surface area contributed by atoms with Gasteiger partial charge in [-0.3, -0.25) is 24.6 Å². The van der Waals surface area contributed by atoms with E-state index >= 15 is 4.39 Å². The minimum atomic E-state index is -2.00. The summed E-state index contributed by atoms with van der Waals surface area (Å²) in [5.74, 6) is -0.876. The molecule has 0 spiro atoms. The topological polar surface area (TPSA) is 173 Å². The SMILES string of the molecule is CCOC(=O)CCCCCOC[C@@]1(F)C[C@@H](C(=O)NC(C)c2cc(C(=N)N)cs2)N(C(=O)CNC(=O)c2ccc(Oc3ccccc3)cc2)C1. The number of hydrogen-bond acceptors (Lipinski definition) is 9. The van der Waals surface area contributed by atoms with Crippen molar-refractivity contribution in [3.63, 3.8) is 0 Å². The van der Waals surface area contributed by atoms with Gasteiger partial charge in [-0.05, 0) is 69.2 Å². The van der Waals surface area contributed by atoms with Gasteiger partial charge in [0.15, 0.2) is 5.67 Å². The Kier molecular flexibility index (Phi) is 13.9. The Labute approximate surface area is 295 Å². The lowest BCUT2D eigenvalue weighted by molar-refractivity contribution is -0.143. The largest absolute Gasteiger partial charge is 0.466 e. The summed E-state index contributed by atoms with van der Waals surface area (Å²) >= 11 is 1.32. The molecular formula is C36H44FN5O7S. The smallest absolute Gasteiger partial charge is 0.305 e. The molecule has 3 atom stereocenters. The van der Waals surface area contributed by atoms with Crippen LogP contribution in [-0.4, -0.2) is 79.0 Å². The van der Waals surface area contributed by atoms with E-state index in [9.17, 15) is 19.2 Å². The second-order valence-electron chi connectivity index (χ2n) is 12.1. The number of carbonyl (C=O) groups excluding carboxylic acids is 4. The number of halogens is 1. The molecule has 3 amide bonds. The van der Waals surface area contributed by atoms with Gasteiger partial charge in [0, 0.05) is 40.8 Å². The van der Waals surface area contributed by atoms with Crippen LogP contribution in [0, 0.1) is 5.41 Å². The van der Waals surface area contributed by atoms with Gasteiger partial charge in [0.05, 0.1) is 32.3 Å². The van der Waals surface area contributed by atoms with Crippen molar-refractivity contribution in [1.29, 1.82) is 5.41 Å². The number of para-hydroxylation sites is 1. The molecule has 2 aromatic carbocycles. The van der Waals surface area contributed by atoms with Gasteiger partial charge >= 0.3 is 5.97 Å². The Morgan fingerprint density at radius 1 is 1.06 bits per heavy atom. The highest BCUT2D eigenvalue weighted by atomic mass is 32.1. The van der Waals surface area contributed by atoms with Crippen LogP contribution >= 0.6 is 11.3 Å². The Morgan fingerprint density at radius 3 is 2.46 bits per heavy atom. The summed E-state index contributed by atoms with van der Waals surface area (Å²) in [6.07, 6.45) is 1.94. The molecule has 1 aliphatic heterocycles. The molecule has 5 N–H and O–H groups in total. The van der Waals surface area contributed by atoms with Crippen LogP contribution in [-0.2, 0) is 23.9 Å². The number of ether oxygens (including phenoxy) is 3. The molecule has 12 nitrogen and oxygen atoms in total. The number of amidine groups is 1. The molecule has 0 radical (unpaired) electrons. The van der Waals surface area contributed by atoms with Crippen LogP contribution in [0.2, 0.25) is 0 Å². The fraction of sp³-hybridized carbons (Fsp3) is 0.417. The molecule has 4 rings (SSSR count). The van der Waals surface area contributed by atoms with Crippen LogP contribution < -0.4 is 21.1 Å². The van der Waals surface area contributed by atoms with E-state index in [4.69, 9.17) is 25.4 Å². The van der Waals surface area contributed by atoms with Crippen molar-refractivity contribution in [2.45, 2.75) is 63.7 Å². The molecule has 1 aromatic heterocycles. The summed E-state index contributed by atoms with van der Waals surface area (Å²) in [6.45, 7) is 2.90. The van der Waals surface area contributed by atoms with Crippen LogP contribution in [0.5, 0.6) is 11.5 Å². The van der Waals surface area contributed by atoms with E-state index in [2.05, 4.69) is 10.6 Å². The maximum atomic E-state index is 16.2. The van der Waals surface area contributed by atoms with Gasteiger partial charge in [0.1, 0.15) is 23.4 Å². The van der Waals surface area contributed by atoms with E-state index in [-0.39, 0.29) is 31.4 Å². The monoisotopic (exact) mass is 709 g/mol. The van der Waals surface area contributed by atoms with Crippen molar-refractivity contribution >= 4 is 40.9 Å². The Morgan fingerprint density at radius 2 is 1.78 bits per heavy atom. The highest BCUT2D eigenvalue weighted by Crippen LogP contribution is 2.33. The van der Waals surface area contributed by atoms with E-state index < -0.39 is 48.6 Å². The third-order valence-electron chi connectivity index (χ3n) is 8.06. The van der Waals surface area contributed by atoms with Gasteiger partial charge in [-0.1, -0.05) is 24.6 Å². The van der Waals surface area contributed by atoms with Gasteiger partial charge < -0.3 is 35.5 Å². The van der Waals surface area contributed by atoms with Gasteiger partial charge in [0.25, 0.3) is 5.91 Å². The van der Waals surface area contributed by atoms with E-state index in [1.165, 1.54) is 11.3 Å². The van der Waals surface area contributed by atoms with Crippen molar-refractivity contribution in [1.82, 2.24) is 15.5 Å². The van der Waals surface area contributed by atoms with Crippen LogP contribution in [0.25, 0.3) is 0 Å². The number of esters is 1. The molecule has 1 saturated heterocycles. The van der Waals surface area contributed by atoms with Crippen molar-refractivity contribution in [3.05, 3.63) is 82.0 Å². The number of thiophene rings is 1. The predicted octanol–water partition coefficient (Wildman–Crippen LogP) is 4.88. The van der Waals surface area contributed by atoms with Gasteiger partial charge in [-0.25, -0.2) is 4.39 Å². The van der Waals surface area contributed by atoms with Crippen LogP contribution in [0.15, 0.2) is 66.0 Å². The second-order valence-corrected chi connectivity index (χ2v) is 13.0. The van der Waals surface area contributed by atoms with Crippen molar-refractivity contribution in [3.8, 4) is 11.5 Å². The fourth-order valence-corrected chi connectivity index (χ4v) is 6.35. The number of nitrogens with two attached hydrogens (primary N) is 1. The third kappa shape index (κ3) is 11.1. The molecule has 268 valence electrons. The third-order valence-corrected chi connectivity index (χ3v) is 9.17. The molecule has 14 heteroatoms. The van der Waals surface area contributed by atoms with Crippen LogP contribution in [0.3, 0.4) is 0 Å². The van der Waals surface area contributed by atoms with E-state index in [1.807, 2.05) is 18.2 Å². The number of rotatable bonds is 18. The first-order valence-corrected chi connectivity index (χ1v) is 17.4. The Hall–Kier alpha value is -4.82. The number of nitrogens with zero attached hydrogens (tertiary/aromatic N) is 1. The number of carbonyl (C=O) groups is 4. The molecule has 1 fully saturated rings. The number of hydrogen-bond donors (Lipinski definition) is 4. The highest BCUT2D eigenvalue weighted by Gasteiger charge is 2.49. The lowest BCUT2D eigenvalue weighted by atomic mass is 10.0. The zero-order valence-corrected chi connectivity index (χ0v) is 29.1. The minimum Gasteiger partial charge on any atom is -0.466 e. The molecule has 1 unspecified atom stereocenters. The predicted molar refractivity (Wildman–Crippen MR) is 187 cm³/mol. The van der Waals surface area contributed by atoms with Crippen molar-refractivity contribution in [2.75, 3.05) is 32.9 Å². The summed E-state index contributed by atoms with van der Waals surface area (Å²) < 4.78 is 32.5. The van der Waals surface area contributed by atoms with E-state index in [1.54, 1.807) is 61.7 Å². The molecule has 2 heterocycles. The first kappa shape index (κ1) is 38.0. The highest BCUT2D eigenvalue weighted by molar-refractivity contribution is 7.10. The first-order chi connectivity index (χ1) is 24.0. The molecule has 0 aliphatic carbocycles. The van der Waals surface area contributed by atoms with Crippen molar-refractivity contribution < 1.29 is 37.8 Å². The van der Waals surface area contributed by atoms with Gasteiger partial charge in [0.2, 0.25) is 11.8 Å². The molecular weight excluding hydrogens is 665 g/mol. The molecule has 1 aliphatic rings. The Bertz CT molecular complexity index is 1620. The van der Waals surface area contributed by atoms with Gasteiger partial charge in [-0.2, -0.15) is 0 Å².